The van der Waals surface area contributed by atoms with E-state index in [1.165, 1.54) is 6.33 Å². The Morgan fingerprint density at radius 2 is 2.37 bits per heavy atom. The van der Waals surface area contributed by atoms with Gasteiger partial charge in [0.15, 0.2) is 0 Å². The van der Waals surface area contributed by atoms with Gasteiger partial charge < -0.3 is 14.4 Å². The molecule has 0 bridgehead atoms. The highest BCUT2D eigenvalue weighted by Crippen LogP contribution is 2.22. The van der Waals surface area contributed by atoms with Gasteiger partial charge in [0.1, 0.15) is 12.1 Å². The van der Waals surface area contributed by atoms with Crippen LogP contribution in [0, 0.1) is 0 Å². The molecule has 2 unspecified atom stereocenters. The fraction of sp³-hybridized carbons (Fsp3) is 0.692. The molecule has 0 saturated carbocycles. The minimum Gasteiger partial charge on any atom is -0.478 e. The van der Waals surface area contributed by atoms with E-state index in [4.69, 9.17) is 21.1 Å². The lowest BCUT2D eigenvalue weighted by Gasteiger charge is -2.38. The van der Waals surface area contributed by atoms with Gasteiger partial charge in [0.25, 0.3) is 0 Å². The lowest BCUT2D eigenvalue weighted by atomic mass is 10.2. The number of aromatic nitrogens is 2. The van der Waals surface area contributed by atoms with E-state index in [-0.39, 0.29) is 12.1 Å². The summed E-state index contributed by atoms with van der Waals surface area (Å²) in [7, 11) is 0. The summed E-state index contributed by atoms with van der Waals surface area (Å²) in [4.78, 5) is 10.6. The van der Waals surface area contributed by atoms with Crippen LogP contribution in [-0.4, -0.2) is 47.8 Å². The predicted octanol–water partition coefficient (Wildman–Crippen LogP) is 2.10. The van der Waals surface area contributed by atoms with Crippen LogP contribution in [0.25, 0.3) is 0 Å². The van der Waals surface area contributed by atoms with E-state index in [1.807, 2.05) is 6.07 Å². The number of rotatable bonds is 5. The third kappa shape index (κ3) is 3.70. The third-order valence-corrected chi connectivity index (χ3v) is 3.40. The predicted molar refractivity (Wildman–Crippen MR) is 75.1 cm³/mol. The molecule has 2 atom stereocenters. The number of nitrogens with zero attached hydrogens (tertiary/aromatic N) is 3. The number of hydrogen-bond acceptors (Lipinski definition) is 5. The van der Waals surface area contributed by atoms with Gasteiger partial charge in [-0.3, -0.25) is 0 Å². The topological polar surface area (TPSA) is 47.5 Å². The summed E-state index contributed by atoms with van der Waals surface area (Å²) in [6.45, 7) is 6.25. The van der Waals surface area contributed by atoms with Crippen molar-refractivity contribution >= 4 is 17.4 Å². The smallest absolute Gasteiger partial charge is 0.218 e. The first-order valence-corrected chi connectivity index (χ1v) is 7.17. The number of halogens is 1. The third-order valence-electron chi connectivity index (χ3n) is 3.05. The molecule has 5 nitrogen and oxygen atoms in total. The molecule has 19 heavy (non-hydrogen) atoms. The largest absolute Gasteiger partial charge is 0.478 e. The van der Waals surface area contributed by atoms with Crippen LogP contribution in [0.15, 0.2) is 12.4 Å². The molecule has 6 heteroatoms. The monoisotopic (exact) mass is 285 g/mol. The summed E-state index contributed by atoms with van der Waals surface area (Å²) in [5.74, 6) is 1.98. The van der Waals surface area contributed by atoms with Crippen molar-refractivity contribution in [3.05, 3.63) is 12.4 Å². The summed E-state index contributed by atoms with van der Waals surface area (Å²) >= 11 is 5.87. The molecule has 1 aliphatic heterocycles. The number of hydrogen-bond donors (Lipinski definition) is 0. The van der Waals surface area contributed by atoms with Crippen LogP contribution in [0.1, 0.15) is 20.3 Å². The second-order valence-electron chi connectivity index (χ2n) is 4.67. The van der Waals surface area contributed by atoms with E-state index >= 15 is 0 Å². The normalized spacial score (nSPS) is 23.4. The van der Waals surface area contributed by atoms with E-state index in [0.717, 1.165) is 18.8 Å². The van der Waals surface area contributed by atoms with Crippen molar-refractivity contribution in [2.24, 2.45) is 0 Å². The zero-order valence-corrected chi connectivity index (χ0v) is 12.1. The van der Waals surface area contributed by atoms with Gasteiger partial charge in [-0.05, 0) is 13.3 Å². The maximum absolute atomic E-state index is 5.87. The average molecular weight is 286 g/mol. The highest BCUT2D eigenvalue weighted by atomic mass is 35.5. The molecule has 1 saturated heterocycles. The molecule has 0 radical (unpaired) electrons. The Morgan fingerprint density at radius 1 is 1.53 bits per heavy atom. The second-order valence-corrected chi connectivity index (χ2v) is 4.98. The van der Waals surface area contributed by atoms with E-state index in [9.17, 15) is 0 Å². The Balaban J connectivity index is 2.10. The Kier molecular flexibility index (Phi) is 5.22. The minimum atomic E-state index is 0.0489. The standard InChI is InChI=1S/C13H20ClN3O2/c1-3-4-18-13-5-12(15-9-16-13)17-7-11(6-14)19-8-10(17)2/h5,9-11H,3-4,6-8H2,1-2H3. The summed E-state index contributed by atoms with van der Waals surface area (Å²) in [6, 6.07) is 2.15. The van der Waals surface area contributed by atoms with Gasteiger partial charge in [-0.15, -0.1) is 11.6 Å². The van der Waals surface area contributed by atoms with Crippen LogP contribution >= 0.6 is 11.6 Å². The molecule has 1 aromatic rings. The average Bonchev–Trinajstić information content (AvgIpc) is 2.46. The quantitative estimate of drug-likeness (QED) is 0.776. The molecule has 0 amide bonds. The molecular weight excluding hydrogens is 266 g/mol. The molecule has 0 N–H and O–H groups in total. The summed E-state index contributed by atoms with van der Waals surface area (Å²) in [5.41, 5.74) is 0. The molecule has 1 aliphatic rings. The van der Waals surface area contributed by atoms with Crippen LogP contribution in [0.2, 0.25) is 0 Å². The van der Waals surface area contributed by atoms with Crippen molar-refractivity contribution in [1.29, 1.82) is 0 Å². The fourth-order valence-electron chi connectivity index (χ4n) is 2.00. The Morgan fingerprint density at radius 3 is 3.11 bits per heavy atom. The number of anilines is 1. The number of morpholine rings is 1. The molecular formula is C13H20ClN3O2. The molecule has 2 rings (SSSR count). The van der Waals surface area contributed by atoms with E-state index < -0.39 is 0 Å². The van der Waals surface area contributed by atoms with Gasteiger partial charge in [-0.1, -0.05) is 6.92 Å². The van der Waals surface area contributed by atoms with E-state index in [1.54, 1.807) is 0 Å². The lowest BCUT2D eigenvalue weighted by molar-refractivity contribution is 0.0361. The fourth-order valence-corrected chi connectivity index (χ4v) is 2.19. The van der Waals surface area contributed by atoms with Gasteiger partial charge in [-0.2, -0.15) is 0 Å². The first kappa shape index (κ1) is 14.3. The Labute approximate surface area is 118 Å². The van der Waals surface area contributed by atoms with Crippen LogP contribution in [0.3, 0.4) is 0 Å². The van der Waals surface area contributed by atoms with Gasteiger partial charge in [0.2, 0.25) is 5.88 Å². The zero-order valence-electron chi connectivity index (χ0n) is 11.4. The first-order valence-electron chi connectivity index (χ1n) is 6.63. The molecule has 2 heterocycles. The maximum Gasteiger partial charge on any atom is 0.218 e. The van der Waals surface area contributed by atoms with Gasteiger partial charge in [-0.25, -0.2) is 9.97 Å². The second kappa shape index (κ2) is 6.91. The maximum atomic E-state index is 5.87. The van der Waals surface area contributed by atoms with Crippen LogP contribution in [0.5, 0.6) is 5.88 Å². The van der Waals surface area contributed by atoms with Crippen LogP contribution < -0.4 is 9.64 Å². The molecule has 1 aromatic heterocycles. The van der Waals surface area contributed by atoms with Crippen molar-refractivity contribution in [2.75, 3.05) is 30.5 Å². The van der Waals surface area contributed by atoms with Crippen molar-refractivity contribution in [1.82, 2.24) is 9.97 Å². The summed E-state index contributed by atoms with van der Waals surface area (Å²) < 4.78 is 11.2. The number of ether oxygens (including phenoxy) is 2. The highest BCUT2D eigenvalue weighted by Gasteiger charge is 2.26. The summed E-state index contributed by atoms with van der Waals surface area (Å²) in [5, 5.41) is 0. The summed E-state index contributed by atoms with van der Waals surface area (Å²) in [6.07, 6.45) is 2.55. The van der Waals surface area contributed by atoms with Crippen molar-refractivity contribution in [3.8, 4) is 5.88 Å². The van der Waals surface area contributed by atoms with E-state index in [0.29, 0.717) is 25.0 Å². The van der Waals surface area contributed by atoms with Crippen molar-refractivity contribution in [3.63, 3.8) is 0 Å². The Hall–Kier alpha value is -1.07. The molecule has 0 aliphatic carbocycles. The van der Waals surface area contributed by atoms with Gasteiger partial charge >= 0.3 is 0 Å². The first-order chi connectivity index (χ1) is 9.24. The van der Waals surface area contributed by atoms with Gasteiger partial charge in [0, 0.05) is 12.6 Å². The van der Waals surface area contributed by atoms with Crippen molar-refractivity contribution in [2.45, 2.75) is 32.4 Å². The van der Waals surface area contributed by atoms with Crippen LogP contribution in [-0.2, 0) is 4.74 Å². The molecule has 0 aromatic carbocycles. The molecule has 0 spiro atoms. The highest BCUT2D eigenvalue weighted by molar-refractivity contribution is 6.18. The van der Waals surface area contributed by atoms with E-state index in [2.05, 4.69) is 28.7 Å². The Bertz CT molecular complexity index is 405. The van der Waals surface area contributed by atoms with Crippen LogP contribution in [0.4, 0.5) is 5.82 Å². The lowest BCUT2D eigenvalue weighted by Crippen LogP contribution is -2.49. The zero-order chi connectivity index (χ0) is 13.7. The van der Waals surface area contributed by atoms with Crippen molar-refractivity contribution < 1.29 is 9.47 Å². The molecule has 106 valence electrons. The SMILES string of the molecule is CCCOc1cc(N2CC(CCl)OCC2C)ncn1. The minimum absolute atomic E-state index is 0.0489. The number of alkyl halides is 1. The van der Waals surface area contributed by atoms with Gasteiger partial charge in [0.05, 0.1) is 31.2 Å². The molecule has 1 fully saturated rings.